The fourth-order valence-electron chi connectivity index (χ4n) is 2.35. The molecule has 2 heterocycles. The molecule has 6 nitrogen and oxygen atoms in total. The van der Waals surface area contributed by atoms with Crippen molar-refractivity contribution >= 4 is 11.6 Å². The normalized spacial score (nSPS) is 10.3. The van der Waals surface area contributed by atoms with Crippen molar-refractivity contribution in [2.24, 2.45) is 0 Å². The molecule has 0 aliphatic heterocycles. The minimum absolute atomic E-state index is 0.147. The van der Waals surface area contributed by atoms with Crippen LogP contribution < -0.4 is 10.1 Å². The third-order valence-electron chi connectivity index (χ3n) is 3.37. The monoisotopic (exact) mass is 334 g/mol. The van der Waals surface area contributed by atoms with Crippen LogP contribution in [-0.4, -0.2) is 20.9 Å². The van der Waals surface area contributed by atoms with E-state index >= 15 is 0 Å². The maximum absolute atomic E-state index is 11.3. The molecule has 0 aliphatic rings. The number of carbonyl (C=O) groups excluding carboxylic acids is 1. The highest BCUT2D eigenvalue weighted by atomic mass is 16.5. The number of aryl methyl sites for hydroxylation is 1. The highest BCUT2D eigenvalue weighted by Gasteiger charge is 2.09. The Morgan fingerprint density at radius 1 is 1.12 bits per heavy atom. The maximum atomic E-state index is 11.3. The van der Waals surface area contributed by atoms with Crippen LogP contribution in [0.4, 0.5) is 5.69 Å². The standard InChI is InChI=1S/C19H18N4O2/c1-13-11-15(23-19(21-13)17-8-5-6-10-20-17)12-25-18-9-4-3-7-16(18)22-14(2)24/h3-11H,12H2,1-2H3,(H,22,24). The Balaban J connectivity index is 1.80. The number of carbonyl (C=O) groups is 1. The van der Waals surface area contributed by atoms with E-state index in [2.05, 4.69) is 20.3 Å². The van der Waals surface area contributed by atoms with E-state index in [1.54, 1.807) is 18.3 Å². The van der Waals surface area contributed by atoms with Gasteiger partial charge in [-0.15, -0.1) is 0 Å². The van der Waals surface area contributed by atoms with Gasteiger partial charge in [-0.25, -0.2) is 9.97 Å². The molecule has 0 saturated carbocycles. The topological polar surface area (TPSA) is 77.0 Å². The van der Waals surface area contributed by atoms with Gasteiger partial charge in [-0.3, -0.25) is 9.78 Å². The molecule has 25 heavy (non-hydrogen) atoms. The molecule has 0 atom stereocenters. The van der Waals surface area contributed by atoms with E-state index < -0.39 is 0 Å². The third-order valence-corrected chi connectivity index (χ3v) is 3.37. The Hall–Kier alpha value is -3.28. The van der Waals surface area contributed by atoms with Gasteiger partial charge in [0.15, 0.2) is 5.82 Å². The molecule has 1 N–H and O–H groups in total. The van der Waals surface area contributed by atoms with Crippen molar-refractivity contribution in [3.05, 3.63) is 66.1 Å². The van der Waals surface area contributed by atoms with E-state index in [1.165, 1.54) is 6.92 Å². The summed E-state index contributed by atoms with van der Waals surface area (Å²) in [5.41, 5.74) is 2.92. The summed E-state index contributed by atoms with van der Waals surface area (Å²) in [6.45, 7) is 3.63. The molecule has 0 radical (unpaired) electrons. The SMILES string of the molecule is CC(=O)Nc1ccccc1OCc1cc(C)nc(-c2ccccn2)n1. The number of ether oxygens (including phenoxy) is 1. The molecule has 0 saturated heterocycles. The number of amides is 1. The largest absolute Gasteiger partial charge is 0.485 e. The van der Waals surface area contributed by atoms with Gasteiger partial charge in [-0.05, 0) is 37.3 Å². The Bertz CT molecular complexity index is 882. The lowest BCUT2D eigenvalue weighted by molar-refractivity contribution is -0.114. The van der Waals surface area contributed by atoms with Crippen LogP contribution in [0.5, 0.6) is 5.75 Å². The second-order valence-corrected chi connectivity index (χ2v) is 5.51. The first-order valence-electron chi connectivity index (χ1n) is 7.87. The number of pyridine rings is 1. The van der Waals surface area contributed by atoms with Gasteiger partial charge in [0, 0.05) is 18.8 Å². The first kappa shape index (κ1) is 16.6. The molecule has 0 bridgehead atoms. The quantitative estimate of drug-likeness (QED) is 0.774. The van der Waals surface area contributed by atoms with Crippen LogP contribution >= 0.6 is 0 Å². The Labute approximate surface area is 145 Å². The van der Waals surface area contributed by atoms with E-state index in [4.69, 9.17) is 4.74 Å². The number of rotatable bonds is 5. The van der Waals surface area contributed by atoms with E-state index in [9.17, 15) is 4.79 Å². The predicted octanol–water partition coefficient (Wildman–Crippen LogP) is 3.38. The summed E-state index contributed by atoms with van der Waals surface area (Å²) in [4.78, 5) is 24.5. The van der Waals surface area contributed by atoms with Crippen molar-refractivity contribution in [1.82, 2.24) is 15.0 Å². The number of nitrogens with zero attached hydrogens (tertiary/aromatic N) is 3. The zero-order valence-electron chi connectivity index (χ0n) is 14.1. The molecule has 6 heteroatoms. The van der Waals surface area contributed by atoms with Gasteiger partial charge < -0.3 is 10.1 Å². The predicted molar refractivity (Wildman–Crippen MR) is 95.1 cm³/mol. The lowest BCUT2D eigenvalue weighted by Gasteiger charge is -2.12. The van der Waals surface area contributed by atoms with Gasteiger partial charge in [0.1, 0.15) is 18.1 Å². The highest BCUT2D eigenvalue weighted by molar-refractivity contribution is 5.90. The van der Waals surface area contributed by atoms with Crippen LogP contribution in [0.25, 0.3) is 11.5 Å². The first-order chi connectivity index (χ1) is 12.1. The van der Waals surface area contributed by atoms with Crippen LogP contribution in [0.1, 0.15) is 18.3 Å². The van der Waals surface area contributed by atoms with Gasteiger partial charge in [-0.2, -0.15) is 0 Å². The zero-order chi connectivity index (χ0) is 17.6. The van der Waals surface area contributed by atoms with E-state index in [1.807, 2.05) is 43.3 Å². The van der Waals surface area contributed by atoms with Gasteiger partial charge >= 0.3 is 0 Å². The number of hydrogen-bond acceptors (Lipinski definition) is 5. The molecule has 1 aromatic carbocycles. The zero-order valence-corrected chi connectivity index (χ0v) is 14.1. The molecule has 0 unspecified atom stereocenters. The minimum atomic E-state index is -0.147. The van der Waals surface area contributed by atoms with Crippen LogP contribution in [-0.2, 0) is 11.4 Å². The minimum Gasteiger partial charge on any atom is -0.485 e. The van der Waals surface area contributed by atoms with Crippen molar-refractivity contribution in [3.8, 4) is 17.3 Å². The van der Waals surface area contributed by atoms with Crippen LogP contribution in [0.3, 0.4) is 0 Å². The smallest absolute Gasteiger partial charge is 0.221 e. The fraction of sp³-hybridized carbons (Fsp3) is 0.158. The molecular formula is C19H18N4O2. The van der Waals surface area contributed by atoms with Gasteiger partial charge in [-0.1, -0.05) is 18.2 Å². The molecule has 0 fully saturated rings. The van der Waals surface area contributed by atoms with Crippen molar-refractivity contribution in [2.75, 3.05) is 5.32 Å². The highest BCUT2D eigenvalue weighted by Crippen LogP contribution is 2.24. The Kier molecular flexibility index (Phi) is 4.99. The Morgan fingerprint density at radius 2 is 1.92 bits per heavy atom. The first-order valence-corrected chi connectivity index (χ1v) is 7.87. The van der Waals surface area contributed by atoms with E-state index in [0.717, 1.165) is 11.4 Å². The average Bonchev–Trinajstić information content (AvgIpc) is 2.61. The summed E-state index contributed by atoms with van der Waals surface area (Å²) in [6, 6.07) is 14.8. The number of nitrogens with one attached hydrogen (secondary N) is 1. The number of anilines is 1. The van der Waals surface area contributed by atoms with Crippen LogP contribution in [0.15, 0.2) is 54.7 Å². The fourth-order valence-corrected chi connectivity index (χ4v) is 2.35. The molecule has 1 amide bonds. The summed E-state index contributed by atoms with van der Waals surface area (Å²) in [6.07, 6.45) is 1.71. The summed E-state index contributed by atoms with van der Waals surface area (Å²) in [5, 5.41) is 2.75. The summed E-state index contributed by atoms with van der Waals surface area (Å²) < 4.78 is 5.84. The number of aromatic nitrogens is 3. The number of hydrogen-bond donors (Lipinski definition) is 1. The van der Waals surface area contributed by atoms with E-state index in [0.29, 0.717) is 23.0 Å². The summed E-state index contributed by atoms with van der Waals surface area (Å²) >= 11 is 0. The molecule has 3 rings (SSSR count). The van der Waals surface area contributed by atoms with E-state index in [-0.39, 0.29) is 12.5 Å². The van der Waals surface area contributed by atoms with Gasteiger partial charge in [0.25, 0.3) is 0 Å². The Morgan fingerprint density at radius 3 is 2.68 bits per heavy atom. The molecule has 126 valence electrons. The number of para-hydroxylation sites is 2. The van der Waals surface area contributed by atoms with Crippen molar-refractivity contribution in [3.63, 3.8) is 0 Å². The van der Waals surface area contributed by atoms with Crippen LogP contribution in [0, 0.1) is 6.92 Å². The molecule has 0 aliphatic carbocycles. The lowest BCUT2D eigenvalue weighted by atomic mass is 10.2. The molecule has 0 spiro atoms. The molecular weight excluding hydrogens is 316 g/mol. The second-order valence-electron chi connectivity index (χ2n) is 5.51. The van der Waals surface area contributed by atoms with Gasteiger partial charge in [0.05, 0.1) is 11.4 Å². The maximum Gasteiger partial charge on any atom is 0.221 e. The average molecular weight is 334 g/mol. The number of benzene rings is 1. The van der Waals surface area contributed by atoms with Crippen molar-refractivity contribution in [1.29, 1.82) is 0 Å². The second kappa shape index (κ2) is 7.53. The summed E-state index contributed by atoms with van der Waals surface area (Å²) in [7, 11) is 0. The van der Waals surface area contributed by atoms with Crippen molar-refractivity contribution in [2.45, 2.75) is 20.5 Å². The van der Waals surface area contributed by atoms with Gasteiger partial charge in [0.2, 0.25) is 5.91 Å². The lowest BCUT2D eigenvalue weighted by Crippen LogP contribution is -2.08. The van der Waals surface area contributed by atoms with Crippen molar-refractivity contribution < 1.29 is 9.53 Å². The molecule has 2 aromatic heterocycles. The third kappa shape index (κ3) is 4.38. The van der Waals surface area contributed by atoms with Crippen LogP contribution in [0.2, 0.25) is 0 Å². The summed E-state index contributed by atoms with van der Waals surface area (Å²) in [5.74, 6) is 1.01. The molecule has 3 aromatic rings.